The number of nitrogens with one attached hydrogen (secondary N) is 1. The fourth-order valence-corrected chi connectivity index (χ4v) is 2.14. The molecule has 2 rings (SSSR count). The number of H-pyrrole nitrogens is 1. The van der Waals surface area contributed by atoms with Crippen LogP contribution in [-0.2, 0) is 17.6 Å². The molecule has 0 aliphatic carbocycles. The molecule has 1 aromatic heterocycles. The molecule has 4 heteroatoms. The Kier molecular flexibility index (Phi) is 4.00. The van der Waals surface area contributed by atoms with Crippen molar-refractivity contribution in [3.63, 3.8) is 0 Å². The quantitative estimate of drug-likeness (QED) is 0.866. The van der Waals surface area contributed by atoms with Crippen LogP contribution in [0.3, 0.4) is 0 Å². The fourth-order valence-electron chi connectivity index (χ4n) is 2.14. The summed E-state index contributed by atoms with van der Waals surface area (Å²) < 4.78 is 0. The molecule has 2 aromatic rings. The minimum atomic E-state index is -0.848. The first-order valence-electron chi connectivity index (χ1n) is 6.39. The molecule has 1 heterocycles. The molecule has 0 aliphatic heterocycles. The Morgan fingerprint density at radius 2 is 2.00 bits per heavy atom. The molecule has 1 aromatic carbocycles. The Morgan fingerprint density at radius 3 is 2.58 bits per heavy atom. The lowest BCUT2D eigenvalue weighted by Crippen LogP contribution is -2.00. The average molecular weight is 258 g/mol. The van der Waals surface area contributed by atoms with Crippen LogP contribution in [0.5, 0.6) is 0 Å². The van der Waals surface area contributed by atoms with Crippen molar-refractivity contribution < 1.29 is 9.90 Å². The smallest absolute Gasteiger partial charge is 0.307 e. The van der Waals surface area contributed by atoms with Crippen molar-refractivity contribution in [2.24, 2.45) is 5.92 Å². The van der Waals surface area contributed by atoms with E-state index in [1.165, 1.54) is 5.56 Å². The third-order valence-corrected chi connectivity index (χ3v) is 2.95. The van der Waals surface area contributed by atoms with Crippen molar-refractivity contribution in [3.8, 4) is 11.3 Å². The van der Waals surface area contributed by atoms with Crippen molar-refractivity contribution in [1.82, 2.24) is 10.2 Å². The van der Waals surface area contributed by atoms with Crippen LogP contribution in [0.2, 0.25) is 0 Å². The van der Waals surface area contributed by atoms with Gasteiger partial charge in [0.25, 0.3) is 0 Å². The Labute approximate surface area is 112 Å². The van der Waals surface area contributed by atoms with Gasteiger partial charge in [-0.25, -0.2) is 0 Å². The molecule has 19 heavy (non-hydrogen) atoms. The molecule has 2 N–H and O–H groups in total. The van der Waals surface area contributed by atoms with Gasteiger partial charge in [-0.3, -0.25) is 9.89 Å². The van der Waals surface area contributed by atoms with E-state index in [0.29, 0.717) is 11.5 Å². The molecule has 100 valence electrons. The number of benzene rings is 1. The van der Waals surface area contributed by atoms with Crippen LogP contribution >= 0.6 is 0 Å². The highest BCUT2D eigenvalue weighted by atomic mass is 16.4. The first-order chi connectivity index (χ1) is 9.06. The van der Waals surface area contributed by atoms with E-state index in [9.17, 15) is 4.79 Å². The zero-order valence-electron chi connectivity index (χ0n) is 11.2. The topological polar surface area (TPSA) is 66.0 Å². The highest BCUT2D eigenvalue weighted by Gasteiger charge is 2.11. The van der Waals surface area contributed by atoms with Crippen LogP contribution < -0.4 is 0 Å². The summed E-state index contributed by atoms with van der Waals surface area (Å²) in [5.41, 5.74) is 3.77. The first-order valence-corrected chi connectivity index (χ1v) is 6.39. The molecule has 0 aliphatic rings. The Hall–Kier alpha value is -2.10. The molecular weight excluding hydrogens is 240 g/mol. The van der Waals surface area contributed by atoms with Gasteiger partial charge >= 0.3 is 5.97 Å². The Bertz CT molecular complexity index is 556. The summed E-state index contributed by atoms with van der Waals surface area (Å²) in [5, 5.41) is 15.7. The number of nitrogens with zero attached hydrogens (tertiary/aromatic N) is 1. The number of aromatic amines is 1. The van der Waals surface area contributed by atoms with Crippen LogP contribution in [0.1, 0.15) is 25.0 Å². The molecule has 0 unspecified atom stereocenters. The fraction of sp³-hybridized carbons (Fsp3) is 0.333. The van der Waals surface area contributed by atoms with E-state index in [0.717, 1.165) is 17.7 Å². The van der Waals surface area contributed by atoms with Crippen LogP contribution in [0.15, 0.2) is 30.5 Å². The maximum Gasteiger partial charge on any atom is 0.307 e. The predicted molar refractivity (Wildman–Crippen MR) is 73.9 cm³/mol. The maximum absolute atomic E-state index is 10.8. The molecule has 4 nitrogen and oxygen atoms in total. The number of rotatable bonds is 5. The van der Waals surface area contributed by atoms with Crippen LogP contribution in [0, 0.1) is 5.92 Å². The predicted octanol–water partition coefficient (Wildman–Crippen LogP) is 2.90. The number of aromatic nitrogens is 2. The summed E-state index contributed by atoms with van der Waals surface area (Å²) in [6, 6.07) is 8.19. The molecule has 0 atom stereocenters. The third-order valence-electron chi connectivity index (χ3n) is 2.95. The zero-order valence-corrected chi connectivity index (χ0v) is 11.2. The largest absolute Gasteiger partial charge is 0.481 e. The number of hydrogen-bond donors (Lipinski definition) is 2. The van der Waals surface area contributed by atoms with Crippen LogP contribution in [0.4, 0.5) is 0 Å². The molecule has 0 spiro atoms. The van der Waals surface area contributed by atoms with E-state index in [-0.39, 0.29) is 6.42 Å². The van der Waals surface area contributed by atoms with E-state index >= 15 is 0 Å². The molecule has 0 bridgehead atoms. The molecular formula is C15H18N2O2. The van der Waals surface area contributed by atoms with Gasteiger partial charge in [0.1, 0.15) is 0 Å². The Balaban J connectivity index is 2.22. The summed E-state index contributed by atoms with van der Waals surface area (Å²) in [7, 11) is 0. The van der Waals surface area contributed by atoms with Gasteiger partial charge in [0, 0.05) is 5.56 Å². The zero-order chi connectivity index (χ0) is 13.8. The van der Waals surface area contributed by atoms with E-state index < -0.39 is 5.97 Å². The normalized spacial score (nSPS) is 10.9. The van der Waals surface area contributed by atoms with Gasteiger partial charge in [-0.2, -0.15) is 5.10 Å². The Morgan fingerprint density at radius 1 is 1.32 bits per heavy atom. The SMILES string of the molecule is CC(C)Cc1ccc(-c2[nH]ncc2CC(=O)O)cc1. The minimum Gasteiger partial charge on any atom is -0.481 e. The van der Waals surface area contributed by atoms with Gasteiger partial charge in [-0.15, -0.1) is 0 Å². The van der Waals surface area contributed by atoms with Gasteiger partial charge in [-0.05, 0) is 23.5 Å². The van der Waals surface area contributed by atoms with Crippen molar-refractivity contribution in [2.45, 2.75) is 26.7 Å². The molecule has 0 saturated heterocycles. The highest BCUT2D eigenvalue weighted by molar-refractivity contribution is 5.74. The van der Waals surface area contributed by atoms with E-state index in [1.807, 2.05) is 12.1 Å². The standard InChI is InChI=1S/C15H18N2O2/c1-10(2)7-11-3-5-12(6-4-11)15-13(8-14(18)19)9-16-17-15/h3-6,9-10H,7-8H2,1-2H3,(H,16,17)(H,18,19). The summed E-state index contributed by atoms with van der Waals surface area (Å²) in [5.74, 6) is -0.223. The lowest BCUT2D eigenvalue weighted by atomic mass is 9.99. The van der Waals surface area contributed by atoms with Crippen LogP contribution in [-0.4, -0.2) is 21.3 Å². The first kappa shape index (κ1) is 13.3. The number of aliphatic carboxylic acids is 1. The van der Waals surface area contributed by atoms with Crippen molar-refractivity contribution in [3.05, 3.63) is 41.6 Å². The minimum absolute atomic E-state index is 0.0143. The summed E-state index contributed by atoms with van der Waals surface area (Å²) >= 11 is 0. The van der Waals surface area contributed by atoms with Gasteiger partial charge < -0.3 is 5.11 Å². The monoisotopic (exact) mass is 258 g/mol. The van der Waals surface area contributed by atoms with E-state index in [2.05, 4.69) is 36.2 Å². The lowest BCUT2D eigenvalue weighted by Gasteiger charge is -2.06. The molecule has 0 fully saturated rings. The van der Waals surface area contributed by atoms with E-state index in [1.54, 1.807) is 6.20 Å². The number of hydrogen-bond acceptors (Lipinski definition) is 2. The van der Waals surface area contributed by atoms with Crippen molar-refractivity contribution >= 4 is 5.97 Å². The second kappa shape index (κ2) is 5.69. The second-order valence-corrected chi connectivity index (χ2v) is 5.14. The highest BCUT2D eigenvalue weighted by Crippen LogP contribution is 2.22. The number of carboxylic acid groups (broad SMARTS) is 1. The van der Waals surface area contributed by atoms with Crippen LogP contribution in [0.25, 0.3) is 11.3 Å². The van der Waals surface area contributed by atoms with Gasteiger partial charge in [-0.1, -0.05) is 38.1 Å². The lowest BCUT2D eigenvalue weighted by molar-refractivity contribution is -0.136. The molecule has 0 amide bonds. The molecule has 0 radical (unpaired) electrons. The maximum atomic E-state index is 10.8. The van der Waals surface area contributed by atoms with Gasteiger partial charge in [0.2, 0.25) is 0 Å². The number of carbonyl (C=O) groups is 1. The number of carboxylic acids is 1. The summed E-state index contributed by atoms with van der Waals surface area (Å²) in [6.07, 6.45) is 2.61. The molecule has 0 saturated carbocycles. The van der Waals surface area contributed by atoms with Gasteiger partial charge in [0.05, 0.1) is 18.3 Å². The average Bonchev–Trinajstić information content (AvgIpc) is 2.76. The van der Waals surface area contributed by atoms with E-state index in [4.69, 9.17) is 5.11 Å². The van der Waals surface area contributed by atoms with Crippen molar-refractivity contribution in [1.29, 1.82) is 0 Å². The second-order valence-electron chi connectivity index (χ2n) is 5.14. The summed E-state index contributed by atoms with van der Waals surface area (Å²) in [6.45, 7) is 4.38. The van der Waals surface area contributed by atoms with Gasteiger partial charge in [0.15, 0.2) is 0 Å². The van der Waals surface area contributed by atoms with Crippen molar-refractivity contribution in [2.75, 3.05) is 0 Å². The summed E-state index contributed by atoms with van der Waals surface area (Å²) in [4.78, 5) is 10.8. The third kappa shape index (κ3) is 3.44.